The first-order valence-corrected chi connectivity index (χ1v) is 4.90. The molecule has 12 heavy (non-hydrogen) atoms. The molecule has 2 N–H and O–H groups in total. The third-order valence-corrected chi connectivity index (χ3v) is 3.83. The minimum absolute atomic E-state index is 0.123. The molecule has 0 radical (unpaired) electrons. The van der Waals surface area contributed by atoms with Gasteiger partial charge in [-0.25, -0.2) is 4.39 Å². The zero-order chi connectivity index (χ0) is 9.30. The maximum Gasteiger partial charge on any atom is 0.492 e. The molecule has 1 aromatic rings. The SMILES string of the molecule is OB(O)c1c(F)ccc(I)c1Br. The summed E-state index contributed by atoms with van der Waals surface area (Å²) in [6, 6.07) is 2.74. The molecule has 0 saturated heterocycles. The van der Waals surface area contributed by atoms with Gasteiger partial charge in [0, 0.05) is 13.5 Å². The topological polar surface area (TPSA) is 40.5 Å². The van der Waals surface area contributed by atoms with Gasteiger partial charge in [-0.15, -0.1) is 0 Å². The van der Waals surface area contributed by atoms with E-state index in [9.17, 15) is 4.39 Å². The van der Waals surface area contributed by atoms with Crippen molar-refractivity contribution in [3.8, 4) is 0 Å². The van der Waals surface area contributed by atoms with Crippen molar-refractivity contribution < 1.29 is 14.4 Å². The van der Waals surface area contributed by atoms with Gasteiger partial charge in [-0.1, -0.05) is 0 Å². The summed E-state index contributed by atoms with van der Waals surface area (Å²) in [5.74, 6) is -0.628. The van der Waals surface area contributed by atoms with Gasteiger partial charge >= 0.3 is 7.12 Å². The van der Waals surface area contributed by atoms with Gasteiger partial charge in [0.15, 0.2) is 0 Å². The molecule has 1 aromatic carbocycles. The number of halogens is 3. The van der Waals surface area contributed by atoms with Crippen LogP contribution in [0.2, 0.25) is 0 Å². The zero-order valence-corrected chi connectivity index (χ0v) is 9.50. The Morgan fingerprint density at radius 2 is 2.00 bits per heavy atom. The lowest BCUT2D eigenvalue weighted by atomic mass is 9.80. The first-order chi connectivity index (χ1) is 5.54. The summed E-state index contributed by atoms with van der Waals surface area (Å²) in [5.41, 5.74) is -0.123. The van der Waals surface area contributed by atoms with Crippen LogP contribution in [0.25, 0.3) is 0 Å². The number of benzene rings is 1. The van der Waals surface area contributed by atoms with Crippen molar-refractivity contribution in [1.29, 1.82) is 0 Å². The van der Waals surface area contributed by atoms with Crippen molar-refractivity contribution in [2.24, 2.45) is 0 Å². The third-order valence-electron chi connectivity index (χ3n) is 1.34. The van der Waals surface area contributed by atoms with E-state index in [1.807, 2.05) is 22.6 Å². The van der Waals surface area contributed by atoms with Gasteiger partial charge in [0.25, 0.3) is 0 Å². The number of hydrogen-bond donors (Lipinski definition) is 2. The molecule has 2 nitrogen and oxygen atoms in total. The van der Waals surface area contributed by atoms with E-state index < -0.39 is 12.9 Å². The fourth-order valence-electron chi connectivity index (χ4n) is 0.779. The Bertz CT molecular complexity index is 308. The summed E-state index contributed by atoms with van der Waals surface area (Å²) in [4.78, 5) is 0. The van der Waals surface area contributed by atoms with Gasteiger partial charge in [-0.3, -0.25) is 0 Å². The fourth-order valence-corrected chi connectivity index (χ4v) is 1.78. The Hall–Kier alpha value is 0.345. The van der Waals surface area contributed by atoms with Crippen molar-refractivity contribution in [2.75, 3.05) is 0 Å². The van der Waals surface area contributed by atoms with Crippen LogP contribution in [-0.4, -0.2) is 17.2 Å². The molecule has 0 atom stereocenters. The Morgan fingerprint density at radius 1 is 1.42 bits per heavy atom. The highest BCUT2D eigenvalue weighted by molar-refractivity contribution is 14.1. The Balaban J connectivity index is 3.33. The van der Waals surface area contributed by atoms with Crippen molar-refractivity contribution in [3.05, 3.63) is 26.0 Å². The van der Waals surface area contributed by atoms with Crippen LogP contribution in [0.1, 0.15) is 0 Å². The highest BCUT2D eigenvalue weighted by Crippen LogP contribution is 2.17. The molecule has 64 valence electrons. The van der Waals surface area contributed by atoms with Crippen molar-refractivity contribution in [2.45, 2.75) is 0 Å². The van der Waals surface area contributed by atoms with Crippen LogP contribution in [0.3, 0.4) is 0 Å². The molecular weight excluding hydrogens is 341 g/mol. The van der Waals surface area contributed by atoms with Crippen LogP contribution in [0, 0.1) is 9.39 Å². The second kappa shape index (κ2) is 4.04. The van der Waals surface area contributed by atoms with E-state index >= 15 is 0 Å². The molecule has 1 rings (SSSR count). The predicted molar refractivity (Wildman–Crippen MR) is 56.6 cm³/mol. The molecular formula is C6H4BBrFIO2. The van der Waals surface area contributed by atoms with E-state index in [-0.39, 0.29) is 5.46 Å². The van der Waals surface area contributed by atoms with Crippen molar-refractivity contribution in [1.82, 2.24) is 0 Å². The largest absolute Gasteiger partial charge is 0.492 e. The van der Waals surface area contributed by atoms with Gasteiger partial charge in [-0.2, -0.15) is 0 Å². The average molecular weight is 345 g/mol. The standard InChI is InChI=1S/C6H4BBrFIO2/c8-6-4(10)2-1-3(9)5(6)7(11)12/h1-2,11-12H. The first-order valence-electron chi connectivity index (χ1n) is 3.03. The monoisotopic (exact) mass is 344 g/mol. The molecule has 0 aliphatic rings. The molecule has 6 heteroatoms. The van der Waals surface area contributed by atoms with Gasteiger partial charge in [0.2, 0.25) is 0 Å². The molecule has 0 aliphatic heterocycles. The molecule has 0 aromatic heterocycles. The fraction of sp³-hybridized carbons (Fsp3) is 0. The Labute approximate surface area is 91.2 Å². The van der Waals surface area contributed by atoms with E-state index in [4.69, 9.17) is 10.0 Å². The molecule has 0 unspecified atom stereocenters. The summed E-state index contributed by atoms with van der Waals surface area (Å²) in [5, 5.41) is 17.6. The molecule has 0 aliphatic carbocycles. The second-order valence-electron chi connectivity index (χ2n) is 2.13. The summed E-state index contributed by atoms with van der Waals surface area (Å²) < 4.78 is 14.0. The highest BCUT2D eigenvalue weighted by Gasteiger charge is 2.21. The first kappa shape index (κ1) is 10.4. The maximum absolute atomic E-state index is 12.9. The highest BCUT2D eigenvalue weighted by atomic mass is 127. The molecule has 0 amide bonds. The Kier molecular flexibility index (Phi) is 3.51. The average Bonchev–Trinajstić information content (AvgIpc) is 1.97. The second-order valence-corrected chi connectivity index (χ2v) is 4.09. The quantitative estimate of drug-likeness (QED) is 0.451. The van der Waals surface area contributed by atoms with Gasteiger partial charge < -0.3 is 10.0 Å². The van der Waals surface area contributed by atoms with Crippen LogP contribution in [0.15, 0.2) is 16.6 Å². The lowest BCUT2D eigenvalue weighted by molar-refractivity contribution is 0.422. The zero-order valence-electron chi connectivity index (χ0n) is 5.76. The van der Waals surface area contributed by atoms with Crippen LogP contribution in [0.5, 0.6) is 0 Å². The van der Waals surface area contributed by atoms with E-state index in [0.29, 0.717) is 4.47 Å². The smallest absolute Gasteiger partial charge is 0.423 e. The summed E-state index contributed by atoms with van der Waals surface area (Å²) in [7, 11) is -1.78. The summed E-state index contributed by atoms with van der Waals surface area (Å²) >= 11 is 5.03. The normalized spacial score (nSPS) is 10.1. The van der Waals surface area contributed by atoms with Crippen molar-refractivity contribution in [3.63, 3.8) is 0 Å². The van der Waals surface area contributed by atoms with Gasteiger partial charge in [0.1, 0.15) is 5.82 Å². The van der Waals surface area contributed by atoms with Gasteiger partial charge in [-0.05, 0) is 50.7 Å². The Morgan fingerprint density at radius 3 is 2.42 bits per heavy atom. The molecule has 0 saturated carbocycles. The molecule has 0 spiro atoms. The minimum atomic E-state index is -1.78. The maximum atomic E-state index is 12.9. The van der Waals surface area contributed by atoms with Crippen LogP contribution < -0.4 is 5.46 Å². The summed E-state index contributed by atoms with van der Waals surface area (Å²) in [6.45, 7) is 0. The molecule has 0 bridgehead atoms. The third kappa shape index (κ3) is 1.98. The summed E-state index contributed by atoms with van der Waals surface area (Å²) in [6.07, 6.45) is 0. The number of rotatable bonds is 1. The van der Waals surface area contributed by atoms with E-state index in [0.717, 1.165) is 3.57 Å². The van der Waals surface area contributed by atoms with Crippen molar-refractivity contribution >= 4 is 51.1 Å². The van der Waals surface area contributed by atoms with Crippen LogP contribution >= 0.6 is 38.5 Å². The van der Waals surface area contributed by atoms with E-state index in [1.165, 1.54) is 6.07 Å². The lowest BCUT2D eigenvalue weighted by Gasteiger charge is -2.05. The minimum Gasteiger partial charge on any atom is -0.423 e. The van der Waals surface area contributed by atoms with E-state index in [1.54, 1.807) is 6.07 Å². The van der Waals surface area contributed by atoms with Crippen LogP contribution in [0.4, 0.5) is 4.39 Å². The van der Waals surface area contributed by atoms with Crippen LogP contribution in [-0.2, 0) is 0 Å². The van der Waals surface area contributed by atoms with E-state index in [2.05, 4.69) is 15.9 Å². The predicted octanol–water partition coefficient (Wildman–Crippen LogP) is 0.873. The lowest BCUT2D eigenvalue weighted by Crippen LogP contribution is -2.34. The number of hydrogen-bond acceptors (Lipinski definition) is 2. The molecule has 0 heterocycles. The molecule has 0 fully saturated rings. The van der Waals surface area contributed by atoms with Gasteiger partial charge in [0.05, 0.1) is 0 Å².